The number of fused-ring (bicyclic) bond motifs is 1. The Morgan fingerprint density at radius 1 is 1.36 bits per heavy atom. The van der Waals surface area contributed by atoms with Crippen LogP contribution in [0.4, 0.5) is 0 Å². The second kappa shape index (κ2) is 3.66. The van der Waals surface area contributed by atoms with Crippen LogP contribution in [0.25, 0.3) is 5.52 Å². The molecule has 0 aliphatic rings. The lowest BCUT2D eigenvalue weighted by Crippen LogP contribution is -2.01. The molecule has 0 bridgehead atoms. The predicted octanol–water partition coefficient (Wildman–Crippen LogP) is 3.11. The van der Waals surface area contributed by atoms with Crippen molar-refractivity contribution >= 4 is 39.7 Å². The normalized spacial score (nSPS) is 11.5. The standard InChI is InChI=1S/C9H9ClIN3/c1-5(2)9-13-3-6-8(10)12-4-7(11)14(6)9/h3-5H,1-2H3. The summed E-state index contributed by atoms with van der Waals surface area (Å²) in [6.45, 7) is 4.22. The van der Waals surface area contributed by atoms with Crippen molar-refractivity contribution in [3.63, 3.8) is 0 Å². The smallest absolute Gasteiger partial charge is 0.154 e. The monoisotopic (exact) mass is 321 g/mol. The van der Waals surface area contributed by atoms with Crippen molar-refractivity contribution in [2.24, 2.45) is 0 Å². The third-order valence-corrected chi connectivity index (χ3v) is 3.07. The van der Waals surface area contributed by atoms with Gasteiger partial charge >= 0.3 is 0 Å². The molecule has 0 saturated heterocycles. The highest BCUT2D eigenvalue weighted by Gasteiger charge is 2.12. The molecule has 0 aliphatic heterocycles. The Kier molecular flexibility index (Phi) is 2.66. The van der Waals surface area contributed by atoms with Crippen molar-refractivity contribution in [1.29, 1.82) is 0 Å². The summed E-state index contributed by atoms with van der Waals surface area (Å²) in [4.78, 5) is 8.43. The zero-order chi connectivity index (χ0) is 10.3. The molecule has 0 fully saturated rings. The van der Waals surface area contributed by atoms with Gasteiger partial charge in [0, 0.05) is 5.92 Å². The minimum Gasteiger partial charge on any atom is -0.287 e. The van der Waals surface area contributed by atoms with Gasteiger partial charge in [-0.1, -0.05) is 25.4 Å². The van der Waals surface area contributed by atoms with Gasteiger partial charge in [0.15, 0.2) is 5.15 Å². The first kappa shape index (κ1) is 10.2. The molecule has 0 atom stereocenters. The lowest BCUT2D eigenvalue weighted by Gasteiger charge is -2.06. The van der Waals surface area contributed by atoms with Gasteiger partial charge in [-0.15, -0.1) is 0 Å². The number of nitrogens with zero attached hydrogens (tertiary/aromatic N) is 3. The van der Waals surface area contributed by atoms with Gasteiger partial charge in [-0.25, -0.2) is 9.97 Å². The van der Waals surface area contributed by atoms with Crippen LogP contribution in [0.15, 0.2) is 12.4 Å². The van der Waals surface area contributed by atoms with E-state index in [4.69, 9.17) is 11.6 Å². The minimum absolute atomic E-state index is 0.379. The quantitative estimate of drug-likeness (QED) is 0.756. The molecule has 74 valence electrons. The van der Waals surface area contributed by atoms with Gasteiger partial charge in [0.2, 0.25) is 0 Å². The maximum atomic E-state index is 5.97. The fraction of sp³-hybridized carbons (Fsp3) is 0.333. The third-order valence-electron chi connectivity index (χ3n) is 2.01. The van der Waals surface area contributed by atoms with Crippen LogP contribution in [0.2, 0.25) is 5.15 Å². The van der Waals surface area contributed by atoms with E-state index in [1.807, 2.05) is 4.40 Å². The predicted molar refractivity (Wildman–Crippen MR) is 64.8 cm³/mol. The maximum absolute atomic E-state index is 5.97. The zero-order valence-electron chi connectivity index (χ0n) is 7.83. The molecule has 0 aromatic carbocycles. The molecule has 3 nitrogen and oxygen atoms in total. The second-order valence-corrected chi connectivity index (χ2v) is 4.83. The van der Waals surface area contributed by atoms with Crippen LogP contribution < -0.4 is 0 Å². The SMILES string of the molecule is CC(C)c1ncc2c(Cl)ncc(I)n12. The van der Waals surface area contributed by atoms with Crippen molar-refractivity contribution in [3.8, 4) is 0 Å². The van der Waals surface area contributed by atoms with Crippen LogP contribution in [0.3, 0.4) is 0 Å². The van der Waals surface area contributed by atoms with Gasteiger partial charge < -0.3 is 0 Å². The van der Waals surface area contributed by atoms with Gasteiger partial charge in [-0.3, -0.25) is 4.40 Å². The van der Waals surface area contributed by atoms with E-state index in [0.29, 0.717) is 11.1 Å². The van der Waals surface area contributed by atoms with E-state index in [1.54, 1.807) is 12.4 Å². The molecule has 5 heteroatoms. The third kappa shape index (κ3) is 1.50. The molecule has 2 heterocycles. The Morgan fingerprint density at radius 3 is 2.71 bits per heavy atom. The molecule has 0 amide bonds. The van der Waals surface area contributed by atoms with Crippen molar-refractivity contribution < 1.29 is 0 Å². The van der Waals surface area contributed by atoms with Crippen LogP contribution >= 0.6 is 34.2 Å². The second-order valence-electron chi connectivity index (χ2n) is 3.36. The van der Waals surface area contributed by atoms with E-state index < -0.39 is 0 Å². The highest BCUT2D eigenvalue weighted by atomic mass is 127. The number of aromatic nitrogens is 3. The Hall–Kier alpha value is -0.360. The molecule has 0 saturated carbocycles. The number of imidazole rings is 1. The van der Waals surface area contributed by atoms with Crippen molar-refractivity contribution in [2.75, 3.05) is 0 Å². The molecule has 0 unspecified atom stereocenters. The van der Waals surface area contributed by atoms with Gasteiger partial charge in [-0.05, 0) is 22.6 Å². The first-order valence-electron chi connectivity index (χ1n) is 4.28. The van der Waals surface area contributed by atoms with Crippen molar-refractivity contribution in [3.05, 3.63) is 27.1 Å². The molecule has 2 aromatic heterocycles. The topological polar surface area (TPSA) is 30.2 Å². The van der Waals surface area contributed by atoms with Gasteiger partial charge in [-0.2, -0.15) is 0 Å². The van der Waals surface area contributed by atoms with Gasteiger partial charge in [0.1, 0.15) is 15.0 Å². The summed E-state index contributed by atoms with van der Waals surface area (Å²) < 4.78 is 3.07. The van der Waals surface area contributed by atoms with E-state index in [-0.39, 0.29) is 0 Å². The number of halogens is 2. The average molecular weight is 322 g/mol. The first-order chi connectivity index (χ1) is 6.61. The summed E-state index contributed by atoms with van der Waals surface area (Å²) in [6.07, 6.45) is 3.52. The van der Waals surface area contributed by atoms with Crippen LogP contribution in [0.5, 0.6) is 0 Å². The number of rotatable bonds is 1. The van der Waals surface area contributed by atoms with E-state index in [9.17, 15) is 0 Å². The molecule has 0 radical (unpaired) electrons. The highest BCUT2D eigenvalue weighted by molar-refractivity contribution is 14.1. The molecule has 2 aromatic rings. The largest absolute Gasteiger partial charge is 0.287 e. The Morgan fingerprint density at radius 2 is 2.07 bits per heavy atom. The molecule has 0 spiro atoms. The Bertz CT molecular complexity index is 478. The van der Waals surface area contributed by atoms with Crippen LogP contribution in [0, 0.1) is 3.70 Å². The van der Waals surface area contributed by atoms with Crippen LogP contribution in [-0.2, 0) is 0 Å². The van der Waals surface area contributed by atoms with E-state index in [2.05, 4.69) is 46.4 Å². The lowest BCUT2D eigenvalue weighted by atomic mass is 10.2. The van der Waals surface area contributed by atoms with E-state index >= 15 is 0 Å². The number of hydrogen-bond acceptors (Lipinski definition) is 2. The van der Waals surface area contributed by atoms with E-state index in [0.717, 1.165) is 15.0 Å². The summed E-state index contributed by atoms with van der Waals surface area (Å²) in [5.74, 6) is 1.40. The fourth-order valence-electron chi connectivity index (χ4n) is 1.38. The maximum Gasteiger partial charge on any atom is 0.154 e. The first-order valence-corrected chi connectivity index (χ1v) is 5.74. The summed E-state index contributed by atoms with van der Waals surface area (Å²) in [5, 5.41) is 0.504. The zero-order valence-corrected chi connectivity index (χ0v) is 10.7. The summed E-state index contributed by atoms with van der Waals surface area (Å²) >= 11 is 8.20. The van der Waals surface area contributed by atoms with Crippen LogP contribution in [-0.4, -0.2) is 14.4 Å². The molecule has 0 N–H and O–H groups in total. The number of hydrogen-bond donors (Lipinski definition) is 0. The van der Waals surface area contributed by atoms with Gasteiger partial charge in [0.05, 0.1) is 12.4 Å². The summed E-state index contributed by atoms with van der Waals surface area (Å²) in [5.41, 5.74) is 0.877. The average Bonchev–Trinajstić information content (AvgIpc) is 2.56. The molecule has 2 rings (SSSR count). The van der Waals surface area contributed by atoms with Crippen molar-refractivity contribution in [1.82, 2.24) is 14.4 Å². The summed E-state index contributed by atoms with van der Waals surface area (Å²) in [7, 11) is 0. The van der Waals surface area contributed by atoms with Crippen molar-refractivity contribution in [2.45, 2.75) is 19.8 Å². The highest BCUT2D eigenvalue weighted by Crippen LogP contribution is 2.22. The minimum atomic E-state index is 0.379. The fourth-order valence-corrected chi connectivity index (χ4v) is 2.21. The summed E-state index contributed by atoms with van der Waals surface area (Å²) in [6, 6.07) is 0. The molecule has 0 aliphatic carbocycles. The van der Waals surface area contributed by atoms with Gasteiger partial charge in [0.25, 0.3) is 0 Å². The Labute approximate surface area is 101 Å². The molecular weight excluding hydrogens is 312 g/mol. The van der Waals surface area contributed by atoms with Crippen LogP contribution in [0.1, 0.15) is 25.6 Å². The molecule has 14 heavy (non-hydrogen) atoms. The Balaban J connectivity index is 2.84. The molecular formula is C9H9ClIN3. The lowest BCUT2D eigenvalue weighted by molar-refractivity contribution is 0.762. The van der Waals surface area contributed by atoms with E-state index in [1.165, 1.54) is 0 Å².